The number of aryl methyl sites for hydroxylation is 1. The zero-order valence-corrected chi connectivity index (χ0v) is 21.3. The molecule has 208 valence electrons. The van der Waals surface area contributed by atoms with Gasteiger partial charge in [0.15, 0.2) is 5.96 Å². The molecule has 4 rings (SSSR count). The molecule has 9 N–H and O–H groups in total. The second-order valence-corrected chi connectivity index (χ2v) is 9.67. The van der Waals surface area contributed by atoms with E-state index in [0.717, 1.165) is 12.0 Å². The molecule has 12 nitrogen and oxygen atoms in total. The highest BCUT2D eigenvalue weighted by atomic mass is 19.1. The molecule has 1 aromatic carbocycles. The number of carbonyl (C=O) groups is 2. The number of benzene rings is 1. The summed E-state index contributed by atoms with van der Waals surface area (Å²) in [5.41, 5.74) is 16.3. The van der Waals surface area contributed by atoms with Crippen LogP contribution in [0, 0.1) is 5.82 Å². The van der Waals surface area contributed by atoms with Crippen LogP contribution in [-0.4, -0.2) is 69.6 Å². The molecule has 3 heterocycles. The monoisotopic (exact) mass is 534 g/mol. The fourth-order valence-corrected chi connectivity index (χ4v) is 4.86. The summed E-state index contributed by atoms with van der Waals surface area (Å²) >= 11 is 0. The first-order valence-corrected chi connectivity index (χ1v) is 12.5. The number of halogens is 1. The van der Waals surface area contributed by atoms with Gasteiger partial charge in [-0.25, -0.2) is 9.18 Å². The molecule has 2 aliphatic rings. The molecule has 1 saturated heterocycles. The number of guanidine groups is 1. The van der Waals surface area contributed by atoms with E-state index >= 15 is 4.39 Å². The zero-order chi connectivity index (χ0) is 28.1. The van der Waals surface area contributed by atoms with Crippen LogP contribution < -0.4 is 27.5 Å². The van der Waals surface area contributed by atoms with Crippen molar-refractivity contribution in [1.29, 1.82) is 0 Å². The number of hydrogen-bond acceptors (Lipinski definition) is 7. The maximum atomic E-state index is 15.0. The number of rotatable bonds is 7. The van der Waals surface area contributed by atoms with Crippen LogP contribution in [-0.2, 0) is 11.2 Å². The van der Waals surface area contributed by atoms with Crippen molar-refractivity contribution in [2.24, 2.45) is 22.2 Å². The van der Waals surface area contributed by atoms with Crippen LogP contribution in [0.5, 0.6) is 0 Å². The van der Waals surface area contributed by atoms with Crippen LogP contribution in [0.3, 0.4) is 0 Å². The van der Waals surface area contributed by atoms with Crippen LogP contribution in [0.1, 0.15) is 61.0 Å². The van der Waals surface area contributed by atoms with Gasteiger partial charge in [0.25, 0.3) is 0 Å². The van der Waals surface area contributed by atoms with Crippen molar-refractivity contribution in [3.63, 3.8) is 0 Å². The Hall–Kier alpha value is -3.71. The lowest BCUT2D eigenvalue weighted by molar-refractivity contribution is -0.138. The van der Waals surface area contributed by atoms with Gasteiger partial charge in [-0.1, -0.05) is 0 Å². The number of piperidine rings is 1. The molecule has 0 amide bonds. The smallest absolute Gasteiger partial charge is 0.341 e. The largest absolute Gasteiger partial charge is 0.480 e. The molecule has 13 heteroatoms. The third kappa shape index (κ3) is 6.40. The molecule has 0 radical (unpaired) electrons. The van der Waals surface area contributed by atoms with E-state index in [4.69, 9.17) is 22.3 Å². The van der Waals surface area contributed by atoms with Gasteiger partial charge in [0.2, 0.25) is 5.43 Å². The normalized spacial score (nSPS) is 17.9. The predicted molar refractivity (Wildman–Crippen MR) is 141 cm³/mol. The summed E-state index contributed by atoms with van der Waals surface area (Å²) in [6, 6.07) is 0.395. The molecule has 0 bridgehead atoms. The molecule has 1 unspecified atom stereocenters. The number of aromatic nitrogens is 1. The van der Waals surface area contributed by atoms with Gasteiger partial charge in [-0.2, -0.15) is 0 Å². The Morgan fingerprint density at radius 1 is 1.21 bits per heavy atom. The molecule has 1 fully saturated rings. The number of aliphatic hydroxyl groups is 1. The number of aliphatic imine (C=N–C) groups is 1. The molecule has 1 aromatic heterocycles. The summed E-state index contributed by atoms with van der Waals surface area (Å²) in [5, 5.41) is 27.6. The van der Waals surface area contributed by atoms with Gasteiger partial charge in [0.1, 0.15) is 17.4 Å². The van der Waals surface area contributed by atoms with E-state index in [9.17, 15) is 24.6 Å². The van der Waals surface area contributed by atoms with Gasteiger partial charge in [0.05, 0.1) is 17.3 Å². The van der Waals surface area contributed by atoms with E-state index in [-0.39, 0.29) is 29.1 Å². The number of nitrogens with zero attached hydrogens (tertiary/aromatic N) is 3. The van der Waals surface area contributed by atoms with E-state index in [1.165, 1.54) is 12.3 Å². The third-order valence-electron chi connectivity index (χ3n) is 6.92. The zero-order valence-electron chi connectivity index (χ0n) is 21.3. The quantitative estimate of drug-likeness (QED) is 0.167. The summed E-state index contributed by atoms with van der Waals surface area (Å²) in [6.45, 7) is 3.51. The van der Waals surface area contributed by atoms with Gasteiger partial charge < -0.3 is 42.0 Å². The number of nitrogens with two attached hydrogens (primary N) is 3. The first kappa shape index (κ1) is 28.9. The number of pyridine rings is 1. The molecular formula is C25H35FN6O6. The van der Waals surface area contributed by atoms with E-state index in [1.807, 2.05) is 11.8 Å². The molecule has 38 heavy (non-hydrogen) atoms. The van der Waals surface area contributed by atoms with Crippen molar-refractivity contribution in [3.8, 4) is 0 Å². The second-order valence-electron chi connectivity index (χ2n) is 9.67. The maximum Gasteiger partial charge on any atom is 0.341 e. The highest BCUT2D eigenvalue weighted by Crippen LogP contribution is 2.38. The highest BCUT2D eigenvalue weighted by molar-refractivity contribution is 5.95. The first-order valence-electron chi connectivity index (χ1n) is 12.5. The summed E-state index contributed by atoms with van der Waals surface area (Å²) < 4.78 is 16.8. The van der Waals surface area contributed by atoms with Crippen molar-refractivity contribution in [2.45, 2.75) is 63.6 Å². The van der Waals surface area contributed by atoms with Crippen LogP contribution in [0.15, 0.2) is 22.1 Å². The number of hydrogen-bond donors (Lipinski definition) is 6. The Morgan fingerprint density at radius 3 is 2.45 bits per heavy atom. The molecule has 2 aromatic rings. The van der Waals surface area contributed by atoms with Crippen molar-refractivity contribution >= 4 is 34.5 Å². The minimum atomic E-state index is -1.30. The molecule has 0 saturated carbocycles. The lowest BCUT2D eigenvalue weighted by Gasteiger charge is -2.36. The topological polar surface area (TPSA) is 210 Å². The Labute approximate surface area is 218 Å². The number of aliphatic carboxylic acids is 1. The summed E-state index contributed by atoms with van der Waals surface area (Å²) in [4.78, 5) is 39.9. The van der Waals surface area contributed by atoms with Gasteiger partial charge >= 0.3 is 11.9 Å². The van der Waals surface area contributed by atoms with Crippen LogP contribution in [0.25, 0.3) is 10.9 Å². The number of carboxylic acid groups (broad SMARTS) is 2. The average molecular weight is 535 g/mol. The highest BCUT2D eigenvalue weighted by Gasteiger charge is 2.30. The van der Waals surface area contributed by atoms with Gasteiger partial charge in [-0.05, 0) is 51.5 Å². The molecule has 2 atom stereocenters. The maximum absolute atomic E-state index is 15.0. The Morgan fingerprint density at radius 2 is 1.87 bits per heavy atom. The van der Waals surface area contributed by atoms with Gasteiger partial charge in [-0.3, -0.25) is 14.6 Å². The Balaban J connectivity index is 0.000000284. The summed E-state index contributed by atoms with van der Waals surface area (Å²) in [5.74, 6) is -2.78. The van der Waals surface area contributed by atoms with Crippen molar-refractivity contribution in [1.82, 2.24) is 4.57 Å². The Bertz CT molecular complexity index is 1280. The minimum Gasteiger partial charge on any atom is -0.480 e. The van der Waals surface area contributed by atoms with Crippen molar-refractivity contribution in [2.75, 3.05) is 24.5 Å². The van der Waals surface area contributed by atoms with Gasteiger partial charge in [-0.15, -0.1) is 0 Å². The summed E-state index contributed by atoms with van der Waals surface area (Å²) in [7, 11) is 0. The molecule has 2 aliphatic heterocycles. The molecule has 0 aliphatic carbocycles. The van der Waals surface area contributed by atoms with E-state index < -0.39 is 29.2 Å². The fraction of sp³-hybridized carbons (Fsp3) is 0.520. The van der Waals surface area contributed by atoms with Crippen molar-refractivity contribution in [3.05, 3.63) is 39.4 Å². The lowest BCUT2D eigenvalue weighted by Crippen LogP contribution is -2.37. The average Bonchev–Trinajstić information content (AvgIpc) is 2.85. The van der Waals surface area contributed by atoms with Crippen LogP contribution >= 0.6 is 0 Å². The first-order chi connectivity index (χ1) is 17.9. The number of carboxylic acids is 2. The second kappa shape index (κ2) is 12.2. The van der Waals surface area contributed by atoms with Gasteiger partial charge in [0, 0.05) is 42.8 Å². The van der Waals surface area contributed by atoms with Crippen LogP contribution in [0.4, 0.5) is 10.1 Å². The standard InChI is InChI=1S/C19H21FN2O4.C6H14N4O2/c1-10-2-3-12-16-13(18(24)14(19(25)26)9-22(10)16)8-15(20)17(12)21-6-4-11(23)5-7-21;7-4(5(11)12)2-1-3-10-6(8)9/h8-11,23H,2-7H2,1H3,(H,25,26);4H,1-3,7H2,(H,11,12)(H4,8,9,10)/t10-;/m1./s1. The Kier molecular flexibility index (Phi) is 9.28. The summed E-state index contributed by atoms with van der Waals surface area (Å²) in [6.07, 6.45) is 4.53. The minimum absolute atomic E-state index is 0.0129. The fourth-order valence-electron chi connectivity index (χ4n) is 4.86. The van der Waals surface area contributed by atoms with Crippen molar-refractivity contribution < 1.29 is 29.3 Å². The number of anilines is 1. The van der Waals surface area contributed by atoms with E-state index in [0.29, 0.717) is 62.9 Å². The molecule has 0 spiro atoms. The SMILES string of the molecule is C[C@@H]1CCc2c(N3CCC(O)CC3)c(F)cc3c(=O)c(C(=O)O)cn1c23.NC(N)=NCCCC(N)C(=O)O. The number of aliphatic hydroxyl groups excluding tert-OH is 1. The van der Waals surface area contributed by atoms with E-state index in [1.54, 1.807) is 4.57 Å². The predicted octanol–water partition coefficient (Wildman–Crippen LogP) is 0.759. The molecular weight excluding hydrogens is 499 g/mol. The number of aromatic carboxylic acids is 1. The van der Waals surface area contributed by atoms with Crippen LogP contribution in [0.2, 0.25) is 0 Å². The third-order valence-corrected chi connectivity index (χ3v) is 6.92. The van der Waals surface area contributed by atoms with E-state index in [2.05, 4.69) is 4.99 Å². The lowest BCUT2D eigenvalue weighted by atomic mass is 9.93.